The summed E-state index contributed by atoms with van der Waals surface area (Å²) in [5, 5.41) is 4.71. The highest BCUT2D eigenvalue weighted by molar-refractivity contribution is 6.13. The summed E-state index contributed by atoms with van der Waals surface area (Å²) < 4.78 is 6.36. The van der Waals surface area contributed by atoms with Gasteiger partial charge in [0.15, 0.2) is 0 Å². The molecule has 0 radical (unpaired) electrons. The number of nitrogens with zero attached hydrogens (tertiary/aromatic N) is 1. The quantitative estimate of drug-likeness (QED) is 0.185. The number of rotatable bonds is 6. The summed E-state index contributed by atoms with van der Waals surface area (Å²) in [4.78, 5) is 2.37. The van der Waals surface area contributed by atoms with E-state index in [1.165, 1.54) is 38.6 Å². The van der Waals surface area contributed by atoms with Crippen LogP contribution in [0.25, 0.3) is 66.1 Å². The summed E-state index contributed by atoms with van der Waals surface area (Å²) in [6, 6.07) is 66.9. The highest BCUT2D eigenvalue weighted by Gasteiger charge is 2.20. The second-order valence-corrected chi connectivity index (χ2v) is 12.2. The first kappa shape index (κ1) is 27.9. The van der Waals surface area contributed by atoms with Gasteiger partial charge in [0.2, 0.25) is 0 Å². The van der Waals surface area contributed by atoms with E-state index in [2.05, 4.69) is 181 Å². The van der Waals surface area contributed by atoms with Crippen LogP contribution in [-0.2, 0) is 0 Å². The van der Waals surface area contributed by atoms with Gasteiger partial charge in [-0.05, 0) is 92.7 Å². The predicted octanol–water partition coefficient (Wildman–Crippen LogP) is 13.2. The van der Waals surface area contributed by atoms with Gasteiger partial charge in [-0.25, -0.2) is 0 Å². The molecular weight excluding hydrogens is 583 g/mol. The molecule has 0 saturated heterocycles. The average Bonchev–Trinajstić information content (AvgIpc) is 3.55. The summed E-state index contributed by atoms with van der Waals surface area (Å²) in [7, 11) is 0. The van der Waals surface area contributed by atoms with E-state index in [1.807, 2.05) is 12.1 Å². The van der Waals surface area contributed by atoms with Crippen LogP contribution in [0, 0.1) is 0 Å². The number of hydrogen-bond acceptors (Lipinski definition) is 2. The van der Waals surface area contributed by atoms with E-state index in [9.17, 15) is 0 Å². The first-order valence-electron chi connectivity index (χ1n) is 16.3. The molecule has 0 fully saturated rings. The number of benzene rings is 8. The summed E-state index contributed by atoms with van der Waals surface area (Å²) in [5.74, 6) is 0. The van der Waals surface area contributed by atoms with E-state index in [4.69, 9.17) is 4.42 Å². The third-order valence-electron chi connectivity index (χ3n) is 9.23. The van der Waals surface area contributed by atoms with Gasteiger partial charge in [-0.1, -0.05) is 140 Å². The fraction of sp³-hybridized carbons (Fsp3) is 0. The lowest BCUT2D eigenvalue weighted by Crippen LogP contribution is -2.10. The maximum Gasteiger partial charge on any atom is 0.137 e. The lowest BCUT2D eigenvalue weighted by Gasteiger charge is -2.27. The molecule has 2 heteroatoms. The zero-order chi connectivity index (χ0) is 31.9. The van der Waals surface area contributed by atoms with Crippen molar-refractivity contribution in [1.82, 2.24) is 0 Å². The number of furan rings is 1. The molecule has 0 N–H and O–H groups in total. The third-order valence-corrected chi connectivity index (χ3v) is 9.23. The molecule has 2 nitrogen and oxygen atoms in total. The van der Waals surface area contributed by atoms with Crippen LogP contribution in [0.15, 0.2) is 192 Å². The molecule has 9 rings (SSSR count). The largest absolute Gasteiger partial charge is 0.456 e. The molecule has 226 valence electrons. The van der Waals surface area contributed by atoms with Crippen molar-refractivity contribution in [2.75, 3.05) is 4.90 Å². The second kappa shape index (κ2) is 11.8. The Morgan fingerprint density at radius 3 is 1.71 bits per heavy atom. The molecule has 0 aliphatic rings. The van der Waals surface area contributed by atoms with Crippen molar-refractivity contribution < 1.29 is 4.42 Å². The van der Waals surface area contributed by atoms with Gasteiger partial charge in [0, 0.05) is 16.8 Å². The van der Waals surface area contributed by atoms with Gasteiger partial charge < -0.3 is 9.32 Å². The van der Waals surface area contributed by atoms with Crippen molar-refractivity contribution >= 4 is 49.8 Å². The van der Waals surface area contributed by atoms with Crippen LogP contribution in [0.2, 0.25) is 0 Å². The molecule has 0 saturated carbocycles. The molecule has 8 aromatic carbocycles. The summed E-state index contributed by atoms with van der Waals surface area (Å²) in [5.41, 5.74) is 12.1. The fourth-order valence-electron chi connectivity index (χ4n) is 6.99. The van der Waals surface area contributed by atoms with Crippen LogP contribution in [0.1, 0.15) is 0 Å². The van der Waals surface area contributed by atoms with E-state index in [0.29, 0.717) is 0 Å². The molecule has 9 aromatic rings. The maximum atomic E-state index is 6.36. The smallest absolute Gasteiger partial charge is 0.137 e. The molecule has 1 aromatic heterocycles. The van der Waals surface area contributed by atoms with E-state index >= 15 is 0 Å². The Morgan fingerprint density at radius 2 is 0.896 bits per heavy atom. The summed E-state index contributed by atoms with van der Waals surface area (Å²) in [6.07, 6.45) is 0. The van der Waals surface area contributed by atoms with Crippen LogP contribution in [0.4, 0.5) is 17.1 Å². The molecule has 0 atom stereocenters. The molecule has 48 heavy (non-hydrogen) atoms. The Kier molecular flexibility index (Phi) is 6.84. The van der Waals surface area contributed by atoms with Gasteiger partial charge in [-0.3, -0.25) is 0 Å². The minimum atomic E-state index is 0.872. The van der Waals surface area contributed by atoms with Crippen LogP contribution >= 0.6 is 0 Å². The summed E-state index contributed by atoms with van der Waals surface area (Å²) >= 11 is 0. The molecule has 0 bridgehead atoms. The van der Waals surface area contributed by atoms with Gasteiger partial charge in [0.05, 0.1) is 11.1 Å². The van der Waals surface area contributed by atoms with Crippen molar-refractivity contribution in [2.45, 2.75) is 0 Å². The molecule has 0 unspecified atom stereocenters. The normalized spacial score (nSPS) is 11.3. The zero-order valence-corrected chi connectivity index (χ0v) is 26.3. The van der Waals surface area contributed by atoms with Gasteiger partial charge in [-0.15, -0.1) is 0 Å². The first-order chi connectivity index (χ1) is 23.8. The van der Waals surface area contributed by atoms with E-state index in [0.717, 1.165) is 44.6 Å². The Labute approximate surface area is 279 Å². The molecule has 0 spiro atoms. The minimum absolute atomic E-state index is 0.872. The van der Waals surface area contributed by atoms with Crippen molar-refractivity contribution in [1.29, 1.82) is 0 Å². The van der Waals surface area contributed by atoms with Crippen LogP contribution in [-0.4, -0.2) is 0 Å². The average molecular weight is 614 g/mol. The van der Waals surface area contributed by atoms with Crippen molar-refractivity contribution in [3.63, 3.8) is 0 Å². The molecule has 0 aliphatic heterocycles. The SMILES string of the molecule is c1ccc(-c2cccc(N(c3cccc(-c4cccc(-c5cccc6ccccc56)c4)c3)c3cccc4oc5ccccc5c34)c2)cc1. The predicted molar refractivity (Wildman–Crippen MR) is 202 cm³/mol. The van der Waals surface area contributed by atoms with E-state index in [-0.39, 0.29) is 0 Å². The maximum absolute atomic E-state index is 6.36. The molecule has 0 aliphatic carbocycles. The number of fused-ring (bicyclic) bond motifs is 4. The van der Waals surface area contributed by atoms with Crippen LogP contribution in [0.3, 0.4) is 0 Å². The Balaban J connectivity index is 1.22. The van der Waals surface area contributed by atoms with E-state index in [1.54, 1.807) is 0 Å². The number of anilines is 3. The highest BCUT2D eigenvalue weighted by Crippen LogP contribution is 2.44. The van der Waals surface area contributed by atoms with Gasteiger partial charge >= 0.3 is 0 Å². The van der Waals surface area contributed by atoms with Crippen LogP contribution < -0.4 is 4.90 Å². The number of para-hydroxylation sites is 1. The lowest BCUT2D eigenvalue weighted by molar-refractivity contribution is 0.669. The first-order valence-corrected chi connectivity index (χ1v) is 16.3. The fourth-order valence-corrected chi connectivity index (χ4v) is 6.99. The standard InChI is InChI=1S/C46H31NO/c1-2-13-32(14-3-1)35-18-9-21-38(30-35)47(43-26-12-28-45-46(43)42-24-6-7-27-44(42)48-45)39-22-10-19-36(31-39)34-17-8-20-37(29-34)41-25-11-16-33-15-4-5-23-40(33)41/h1-31H. The summed E-state index contributed by atoms with van der Waals surface area (Å²) in [6.45, 7) is 0. The molecule has 0 amide bonds. The third kappa shape index (κ3) is 4.92. The van der Waals surface area contributed by atoms with Gasteiger partial charge in [0.25, 0.3) is 0 Å². The van der Waals surface area contributed by atoms with Crippen LogP contribution in [0.5, 0.6) is 0 Å². The number of hydrogen-bond donors (Lipinski definition) is 0. The topological polar surface area (TPSA) is 16.4 Å². The monoisotopic (exact) mass is 613 g/mol. The second-order valence-electron chi connectivity index (χ2n) is 12.2. The Hall–Kier alpha value is -6.38. The Bertz CT molecular complexity index is 2570. The van der Waals surface area contributed by atoms with Gasteiger partial charge in [0.1, 0.15) is 11.2 Å². The highest BCUT2D eigenvalue weighted by atomic mass is 16.3. The van der Waals surface area contributed by atoms with Crippen molar-refractivity contribution in [3.05, 3.63) is 188 Å². The Morgan fingerprint density at radius 1 is 0.354 bits per heavy atom. The molecular formula is C46H31NO. The van der Waals surface area contributed by atoms with Gasteiger partial charge in [-0.2, -0.15) is 0 Å². The zero-order valence-electron chi connectivity index (χ0n) is 26.3. The molecule has 1 heterocycles. The van der Waals surface area contributed by atoms with Crippen molar-refractivity contribution in [2.24, 2.45) is 0 Å². The van der Waals surface area contributed by atoms with E-state index < -0.39 is 0 Å². The minimum Gasteiger partial charge on any atom is -0.456 e. The van der Waals surface area contributed by atoms with Crippen molar-refractivity contribution in [3.8, 4) is 33.4 Å². The lowest BCUT2D eigenvalue weighted by atomic mass is 9.95.